The maximum absolute atomic E-state index is 13.6. The second kappa shape index (κ2) is 6.17. The van der Waals surface area contributed by atoms with Crippen molar-refractivity contribution in [2.24, 2.45) is 5.92 Å². The van der Waals surface area contributed by atoms with Gasteiger partial charge in [0.2, 0.25) is 0 Å². The SMILES string of the molecule is CC1(F)CC(CN2CCn3nc(COc4ccccc4)cc3C2=O)C1. The van der Waals surface area contributed by atoms with E-state index < -0.39 is 5.67 Å². The number of rotatable bonds is 5. The van der Waals surface area contributed by atoms with Crippen molar-refractivity contribution in [3.05, 3.63) is 47.8 Å². The van der Waals surface area contributed by atoms with Crippen molar-refractivity contribution in [2.45, 2.75) is 38.6 Å². The van der Waals surface area contributed by atoms with Crippen LogP contribution in [0.1, 0.15) is 35.9 Å². The van der Waals surface area contributed by atoms with Crippen LogP contribution >= 0.6 is 0 Å². The van der Waals surface area contributed by atoms with E-state index >= 15 is 0 Å². The monoisotopic (exact) mass is 343 g/mol. The minimum absolute atomic E-state index is 0.0165. The molecule has 1 amide bonds. The van der Waals surface area contributed by atoms with Crippen LogP contribution < -0.4 is 4.74 Å². The number of fused-ring (bicyclic) bond motifs is 1. The Labute approximate surface area is 146 Å². The van der Waals surface area contributed by atoms with E-state index in [0.29, 0.717) is 44.8 Å². The summed E-state index contributed by atoms with van der Waals surface area (Å²) in [6.45, 7) is 3.91. The standard InChI is InChI=1S/C19H22FN3O2/c1-19(20)10-14(11-19)12-22-7-8-23-17(18(22)24)9-15(21-23)13-25-16-5-3-2-4-6-16/h2-6,9,14H,7-8,10-13H2,1H3. The summed E-state index contributed by atoms with van der Waals surface area (Å²) < 4.78 is 21.1. The molecule has 1 aliphatic carbocycles. The predicted molar refractivity (Wildman–Crippen MR) is 91.1 cm³/mol. The first-order chi connectivity index (χ1) is 12.0. The third kappa shape index (κ3) is 3.38. The molecule has 2 aromatic rings. The van der Waals surface area contributed by atoms with E-state index in [9.17, 15) is 9.18 Å². The molecule has 0 saturated heterocycles. The molecule has 1 aliphatic heterocycles. The van der Waals surface area contributed by atoms with Crippen LogP contribution in [0.3, 0.4) is 0 Å². The molecule has 0 bridgehead atoms. The van der Waals surface area contributed by atoms with Gasteiger partial charge in [-0.15, -0.1) is 0 Å². The summed E-state index contributed by atoms with van der Waals surface area (Å²) in [4.78, 5) is 14.5. The molecule has 1 saturated carbocycles. The minimum Gasteiger partial charge on any atom is -0.487 e. The highest BCUT2D eigenvalue weighted by Crippen LogP contribution is 2.41. The zero-order valence-electron chi connectivity index (χ0n) is 14.3. The number of halogens is 1. The van der Waals surface area contributed by atoms with Gasteiger partial charge in [0.15, 0.2) is 0 Å². The zero-order chi connectivity index (χ0) is 17.4. The van der Waals surface area contributed by atoms with Crippen molar-refractivity contribution in [3.63, 3.8) is 0 Å². The number of para-hydroxylation sites is 1. The largest absolute Gasteiger partial charge is 0.487 e. The lowest BCUT2D eigenvalue weighted by atomic mass is 9.73. The number of ether oxygens (including phenoxy) is 1. The molecule has 5 nitrogen and oxygen atoms in total. The Morgan fingerprint density at radius 1 is 1.28 bits per heavy atom. The highest BCUT2D eigenvalue weighted by molar-refractivity contribution is 5.93. The van der Waals surface area contributed by atoms with Gasteiger partial charge in [0.05, 0.1) is 6.54 Å². The second-order valence-electron chi connectivity index (χ2n) is 7.28. The molecule has 4 rings (SSSR count). The van der Waals surface area contributed by atoms with Crippen molar-refractivity contribution < 1.29 is 13.9 Å². The average molecular weight is 343 g/mol. The van der Waals surface area contributed by atoms with Gasteiger partial charge in [-0.25, -0.2) is 4.39 Å². The Bertz CT molecular complexity index is 764. The zero-order valence-corrected chi connectivity index (χ0v) is 14.3. The molecule has 0 spiro atoms. The fourth-order valence-corrected chi connectivity index (χ4v) is 3.80. The van der Waals surface area contributed by atoms with Crippen molar-refractivity contribution in [1.29, 1.82) is 0 Å². The number of aromatic nitrogens is 2. The summed E-state index contributed by atoms with van der Waals surface area (Å²) in [5, 5.41) is 4.47. The Morgan fingerprint density at radius 3 is 2.76 bits per heavy atom. The van der Waals surface area contributed by atoms with Gasteiger partial charge in [-0.3, -0.25) is 9.48 Å². The van der Waals surface area contributed by atoms with E-state index in [1.165, 1.54) is 0 Å². The summed E-state index contributed by atoms with van der Waals surface area (Å²) in [5.74, 6) is 1.03. The van der Waals surface area contributed by atoms with E-state index in [-0.39, 0.29) is 11.8 Å². The number of carbonyl (C=O) groups excluding carboxylic acids is 1. The van der Waals surface area contributed by atoms with Crippen molar-refractivity contribution in [2.75, 3.05) is 13.1 Å². The van der Waals surface area contributed by atoms with Crippen LogP contribution in [0.5, 0.6) is 5.75 Å². The van der Waals surface area contributed by atoms with E-state index in [4.69, 9.17) is 4.74 Å². The first-order valence-corrected chi connectivity index (χ1v) is 8.73. The molecular formula is C19H22FN3O2. The van der Waals surface area contributed by atoms with Crippen LogP contribution in [-0.2, 0) is 13.2 Å². The summed E-state index contributed by atoms with van der Waals surface area (Å²) in [5.41, 5.74) is 0.294. The molecule has 2 heterocycles. The molecular weight excluding hydrogens is 321 g/mol. The molecule has 2 aliphatic rings. The Morgan fingerprint density at radius 2 is 2.04 bits per heavy atom. The molecule has 0 N–H and O–H groups in total. The van der Waals surface area contributed by atoms with Crippen LogP contribution in [0.15, 0.2) is 36.4 Å². The van der Waals surface area contributed by atoms with E-state index in [2.05, 4.69) is 5.10 Å². The average Bonchev–Trinajstić information content (AvgIpc) is 2.99. The maximum atomic E-state index is 13.6. The topological polar surface area (TPSA) is 47.4 Å². The lowest BCUT2D eigenvalue weighted by Gasteiger charge is -2.42. The molecule has 1 fully saturated rings. The van der Waals surface area contributed by atoms with Gasteiger partial charge in [-0.05, 0) is 43.9 Å². The smallest absolute Gasteiger partial charge is 0.272 e. The van der Waals surface area contributed by atoms with Gasteiger partial charge in [-0.1, -0.05) is 18.2 Å². The minimum atomic E-state index is -1.05. The quantitative estimate of drug-likeness (QED) is 0.838. The number of carbonyl (C=O) groups is 1. The van der Waals surface area contributed by atoms with Gasteiger partial charge in [0.25, 0.3) is 5.91 Å². The normalized spacial score (nSPS) is 25.4. The van der Waals surface area contributed by atoms with Crippen LogP contribution in [0, 0.1) is 5.92 Å². The number of hydrogen-bond donors (Lipinski definition) is 0. The lowest BCUT2D eigenvalue weighted by molar-refractivity contribution is 0.00499. The summed E-state index contributed by atoms with van der Waals surface area (Å²) in [6, 6.07) is 11.3. The first kappa shape index (κ1) is 16.1. The second-order valence-corrected chi connectivity index (χ2v) is 7.28. The molecule has 6 heteroatoms. The highest BCUT2D eigenvalue weighted by atomic mass is 19.1. The third-order valence-corrected chi connectivity index (χ3v) is 4.96. The predicted octanol–water partition coefficient (Wildman–Crippen LogP) is 3.06. The number of hydrogen-bond acceptors (Lipinski definition) is 3. The molecule has 0 radical (unpaired) electrons. The number of amides is 1. The van der Waals surface area contributed by atoms with Gasteiger partial charge in [0.1, 0.15) is 29.4 Å². The van der Waals surface area contributed by atoms with E-state index in [1.807, 2.05) is 35.2 Å². The molecule has 1 aromatic heterocycles. The highest BCUT2D eigenvalue weighted by Gasteiger charge is 2.42. The van der Waals surface area contributed by atoms with Gasteiger partial charge in [0, 0.05) is 13.1 Å². The van der Waals surface area contributed by atoms with Gasteiger partial charge >= 0.3 is 0 Å². The summed E-state index contributed by atoms with van der Waals surface area (Å²) in [6.07, 6.45) is 1.10. The number of alkyl halides is 1. The van der Waals surface area contributed by atoms with E-state index in [1.54, 1.807) is 17.7 Å². The van der Waals surface area contributed by atoms with Crippen LogP contribution in [0.2, 0.25) is 0 Å². The summed E-state index contributed by atoms with van der Waals surface area (Å²) in [7, 11) is 0. The van der Waals surface area contributed by atoms with Crippen molar-refractivity contribution in [1.82, 2.24) is 14.7 Å². The third-order valence-electron chi connectivity index (χ3n) is 4.96. The molecule has 0 atom stereocenters. The molecule has 1 aromatic carbocycles. The van der Waals surface area contributed by atoms with Crippen molar-refractivity contribution >= 4 is 5.91 Å². The Balaban J connectivity index is 1.39. The Hall–Kier alpha value is -2.37. The van der Waals surface area contributed by atoms with Crippen LogP contribution in [0.25, 0.3) is 0 Å². The summed E-state index contributed by atoms with van der Waals surface area (Å²) >= 11 is 0. The molecule has 0 unspecified atom stereocenters. The Kier molecular flexibility index (Phi) is 3.98. The molecule has 132 valence electrons. The van der Waals surface area contributed by atoms with E-state index in [0.717, 1.165) is 11.4 Å². The van der Waals surface area contributed by atoms with Crippen LogP contribution in [-0.4, -0.2) is 39.3 Å². The maximum Gasteiger partial charge on any atom is 0.272 e. The van der Waals surface area contributed by atoms with Gasteiger partial charge < -0.3 is 9.64 Å². The van der Waals surface area contributed by atoms with Gasteiger partial charge in [-0.2, -0.15) is 5.10 Å². The fraction of sp³-hybridized carbons (Fsp3) is 0.474. The molecule has 25 heavy (non-hydrogen) atoms. The lowest BCUT2D eigenvalue weighted by Crippen LogP contribution is -2.48. The first-order valence-electron chi connectivity index (χ1n) is 8.73. The fourth-order valence-electron chi connectivity index (χ4n) is 3.80. The van der Waals surface area contributed by atoms with Crippen molar-refractivity contribution in [3.8, 4) is 5.75 Å². The van der Waals surface area contributed by atoms with Crippen LogP contribution in [0.4, 0.5) is 4.39 Å². The number of nitrogens with zero attached hydrogens (tertiary/aromatic N) is 3. The number of benzene rings is 1.